The topological polar surface area (TPSA) is 100 Å². The number of carbonyl (C=O) groups is 2. The molecule has 0 fully saturated rings. The van der Waals surface area contributed by atoms with E-state index in [2.05, 4.69) is 20.6 Å². The Hall–Kier alpha value is -4.87. The Balaban J connectivity index is 1.58. The molecule has 1 aliphatic heterocycles. The van der Waals surface area contributed by atoms with E-state index in [1.165, 1.54) is 25.5 Å². The minimum atomic E-state index is -4.91. The number of aromatic nitrogens is 3. The normalized spacial score (nSPS) is 13.0. The molecule has 4 aromatic rings. The summed E-state index contributed by atoms with van der Waals surface area (Å²) in [7, 11) is 1.52. The Morgan fingerprint density at radius 1 is 1.00 bits per heavy atom. The van der Waals surface area contributed by atoms with E-state index in [4.69, 9.17) is 4.98 Å². The highest BCUT2D eigenvalue weighted by atomic mass is 19.4. The first-order chi connectivity index (χ1) is 19.2. The predicted molar refractivity (Wildman–Crippen MR) is 139 cm³/mol. The fourth-order valence-corrected chi connectivity index (χ4v) is 4.51. The zero-order chi connectivity index (χ0) is 28.4. The largest absolute Gasteiger partial charge is 0.417 e. The van der Waals surface area contributed by atoms with Crippen LogP contribution in [0.25, 0.3) is 22.6 Å². The van der Waals surface area contributed by atoms with Gasteiger partial charge in [-0.15, -0.1) is 0 Å². The summed E-state index contributed by atoms with van der Waals surface area (Å²) in [6.07, 6.45) is -1.94. The molecule has 1 aliphatic rings. The van der Waals surface area contributed by atoms with Crippen LogP contribution in [-0.2, 0) is 19.1 Å². The van der Waals surface area contributed by atoms with Gasteiger partial charge in [-0.1, -0.05) is 30.3 Å². The van der Waals surface area contributed by atoms with Crippen LogP contribution in [-0.4, -0.2) is 45.4 Å². The lowest BCUT2D eigenvalue weighted by Gasteiger charge is -2.29. The lowest BCUT2D eigenvalue weighted by molar-refractivity contribution is -0.137. The van der Waals surface area contributed by atoms with Crippen LogP contribution in [0.5, 0.6) is 0 Å². The van der Waals surface area contributed by atoms with Crippen LogP contribution in [0.1, 0.15) is 27.2 Å². The first-order valence-electron chi connectivity index (χ1n) is 12.2. The summed E-state index contributed by atoms with van der Waals surface area (Å²) in [5.74, 6) is -2.65. The van der Waals surface area contributed by atoms with Gasteiger partial charge < -0.3 is 15.5 Å². The van der Waals surface area contributed by atoms with Crippen LogP contribution in [0.15, 0.2) is 67.0 Å². The van der Waals surface area contributed by atoms with Crippen molar-refractivity contribution < 1.29 is 27.2 Å². The summed E-state index contributed by atoms with van der Waals surface area (Å²) in [4.78, 5) is 39.6. The van der Waals surface area contributed by atoms with E-state index in [9.17, 15) is 22.8 Å². The third-order valence-corrected chi connectivity index (χ3v) is 6.43. The van der Waals surface area contributed by atoms with Gasteiger partial charge >= 0.3 is 12.2 Å². The number of halogens is 4. The molecule has 0 aliphatic carbocycles. The van der Waals surface area contributed by atoms with Crippen molar-refractivity contribution in [1.82, 2.24) is 25.2 Å². The Kier molecular flexibility index (Phi) is 7.16. The van der Waals surface area contributed by atoms with Crippen LogP contribution >= 0.6 is 0 Å². The summed E-state index contributed by atoms with van der Waals surface area (Å²) in [5.41, 5.74) is 0.234. The maximum atomic E-state index is 15.0. The molecule has 2 aromatic carbocycles. The molecule has 0 saturated heterocycles. The van der Waals surface area contributed by atoms with Crippen molar-refractivity contribution in [2.24, 2.45) is 0 Å². The van der Waals surface area contributed by atoms with Gasteiger partial charge in [0.15, 0.2) is 5.82 Å². The average Bonchev–Trinajstić information content (AvgIpc) is 2.96. The molecular formula is C28H22F4N6O2. The molecule has 0 saturated carbocycles. The molecule has 3 heterocycles. The number of fused-ring (bicyclic) bond motifs is 1. The van der Waals surface area contributed by atoms with Crippen molar-refractivity contribution in [1.29, 1.82) is 0 Å². The number of rotatable bonds is 4. The molecule has 8 nitrogen and oxygen atoms in total. The van der Waals surface area contributed by atoms with Crippen LogP contribution in [0.3, 0.4) is 0 Å². The van der Waals surface area contributed by atoms with Crippen molar-refractivity contribution in [3.8, 4) is 22.6 Å². The van der Waals surface area contributed by atoms with Gasteiger partial charge in [-0.2, -0.15) is 13.2 Å². The molecule has 0 bridgehead atoms. The van der Waals surface area contributed by atoms with Gasteiger partial charge in [-0.3, -0.25) is 9.78 Å². The molecular weight excluding hydrogens is 528 g/mol. The first-order valence-corrected chi connectivity index (χ1v) is 12.2. The third-order valence-electron chi connectivity index (χ3n) is 6.43. The fraction of sp³-hybridized carbons (Fsp3) is 0.179. The number of anilines is 1. The Morgan fingerprint density at radius 2 is 1.73 bits per heavy atom. The van der Waals surface area contributed by atoms with Crippen LogP contribution in [0.4, 0.5) is 28.0 Å². The Bertz CT molecular complexity index is 1580. The molecule has 3 amide bonds. The van der Waals surface area contributed by atoms with Gasteiger partial charge in [0, 0.05) is 55.8 Å². The second-order valence-corrected chi connectivity index (χ2v) is 8.99. The number of alkyl halides is 3. The van der Waals surface area contributed by atoms with Gasteiger partial charge in [-0.05, 0) is 29.8 Å². The number of benzene rings is 2. The van der Waals surface area contributed by atoms with Crippen molar-refractivity contribution in [2.75, 3.05) is 18.9 Å². The number of urea groups is 1. The van der Waals surface area contributed by atoms with Gasteiger partial charge in [0.2, 0.25) is 0 Å². The van der Waals surface area contributed by atoms with Gasteiger partial charge in [0.25, 0.3) is 5.91 Å². The van der Waals surface area contributed by atoms with E-state index in [-0.39, 0.29) is 30.2 Å². The molecule has 0 unspecified atom stereocenters. The molecule has 2 N–H and O–H groups in total. The zero-order valence-electron chi connectivity index (χ0n) is 21.1. The van der Waals surface area contributed by atoms with Crippen molar-refractivity contribution in [3.63, 3.8) is 0 Å². The van der Waals surface area contributed by atoms with Crippen molar-refractivity contribution in [2.45, 2.75) is 19.1 Å². The zero-order valence-corrected chi connectivity index (χ0v) is 21.1. The highest BCUT2D eigenvalue weighted by Crippen LogP contribution is 2.38. The lowest BCUT2D eigenvalue weighted by atomic mass is 10.00. The Morgan fingerprint density at radius 3 is 2.40 bits per heavy atom. The average molecular weight is 551 g/mol. The van der Waals surface area contributed by atoms with E-state index in [0.29, 0.717) is 29.8 Å². The molecule has 204 valence electrons. The Labute approximate surface area is 226 Å². The van der Waals surface area contributed by atoms with E-state index in [0.717, 1.165) is 11.8 Å². The van der Waals surface area contributed by atoms with E-state index < -0.39 is 34.6 Å². The van der Waals surface area contributed by atoms with Crippen molar-refractivity contribution in [3.05, 3.63) is 95.2 Å². The summed E-state index contributed by atoms with van der Waals surface area (Å²) in [6, 6.07) is 12.8. The van der Waals surface area contributed by atoms with Crippen LogP contribution < -0.4 is 10.6 Å². The second kappa shape index (κ2) is 10.7. The number of nitrogens with one attached hydrogen (secondary N) is 2. The summed E-state index contributed by atoms with van der Waals surface area (Å²) in [5, 5.41) is 5.20. The summed E-state index contributed by atoms with van der Waals surface area (Å²) in [6.45, 7) is 0.671. The summed E-state index contributed by atoms with van der Waals surface area (Å²) >= 11 is 0. The third kappa shape index (κ3) is 5.33. The molecule has 12 heteroatoms. The van der Waals surface area contributed by atoms with Gasteiger partial charge in [-0.25, -0.2) is 19.2 Å². The number of hydrogen-bond donors (Lipinski definition) is 2. The fourth-order valence-electron chi connectivity index (χ4n) is 4.51. The molecule has 0 radical (unpaired) electrons. The number of nitrogens with zero attached hydrogens (tertiary/aromatic N) is 4. The maximum Gasteiger partial charge on any atom is 0.417 e. The maximum absolute atomic E-state index is 15.0. The van der Waals surface area contributed by atoms with E-state index in [1.54, 1.807) is 35.2 Å². The smallest absolute Gasteiger partial charge is 0.341 e. The minimum absolute atomic E-state index is 0.213. The SMILES string of the molecule is CNC(=O)N1CCc2nc(-c3ccccc3)c(NC(=O)c3cc(-c4ncccn4)c(C(F)(F)F)cc3F)cc2C1. The number of pyridine rings is 1. The number of amides is 3. The minimum Gasteiger partial charge on any atom is -0.341 e. The number of carbonyl (C=O) groups excluding carboxylic acids is 2. The summed E-state index contributed by atoms with van der Waals surface area (Å²) < 4.78 is 56.3. The highest BCUT2D eigenvalue weighted by molar-refractivity contribution is 6.07. The second-order valence-electron chi connectivity index (χ2n) is 8.99. The van der Waals surface area contributed by atoms with Gasteiger partial charge in [0.1, 0.15) is 5.82 Å². The molecule has 0 spiro atoms. The molecule has 0 atom stereocenters. The predicted octanol–water partition coefficient (Wildman–Crippen LogP) is 5.31. The highest BCUT2D eigenvalue weighted by Gasteiger charge is 2.36. The van der Waals surface area contributed by atoms with Crippen molar-refractivity contribution >= 4 is 17.6 Å². The quantitative estimate of drug-likeness (QED) is 0.336. The number of hydrogen-bond acceptors (Lipinski definition) is 5. The molecule has 5 rings (SSSR count). The van der Waals surface area contributed by atoms with Crippen LogP contribution in [0, 0.1) is 5.82 Å². The monoisotopic (exact) mass is 550 g/mol. The molecule has 40 heavy (non-hydrogen) atoms. The molecule has 2 aromatic heterocycles. The van der Waals surface area contributed by atoms with E-state index in [1.807, 2.05) is 6.07 Å². The van der Waals surface area contributed by atoms with E-state index >= 15 is 4.39 Å². The standard InChI is InChI=1S/C28H22F4N6O2/c1-33-27(40)38-11-8-22-17(15-38)12-23(24(36-22)16-6-3-2-4-7-16)37-26(39)19-13-18(25-34-9-5-10-35-25)20(14-21(19)29)28(30,31)32/h2-7,9-10,12-14H,8,11,15H2,1H3,(H,33,40)(H,37,39). The van der Waals surface area contributed by atoms with Crippen LogP contribution in [0.2, 0.25) is 0 Å². The first kappa shape index (κ1) is 26.7. The van der Waals surface area contributed by atoms with Gasteiger partial charge in [0.05, 0.1) is 22.5 Å². The lowest BCUT2D eigenvalue weighted by Crippen LogP contribution is -2.41.